The summed E-state index contributed by atoms with van der Waals surface area (Å²) in [5.41, 5.74) is 4.54. The summed E-state index contributed by atoms with van der Waals surface area (Å²) in [5, 5.41) is 12.4. The Morgan fingerprint density at radius 3 is 2.37 bits per heavy atom. The standard InChI is InChI=1S/C14H23N5/c1-9(2)19-12(5)14(11(4)17-19)16-10(3)13-7-15-18(6)8-13/h7-10,16H,1-6H3. The number of nitrogens with one attached hydrogen (secondary N) is 1. The second-order valence-electron chi connectivity index (χ2n) is 5.40. The van der Waals surface area contributed by atoms with Crippen LogP contribution in [0.4, 0.5) is 5.69 Å². The van der Waals surface area contributed by atoms with Gasteiger partial charge in [0.15, 0.2) is 0 Å². The van der Waals surface area contributed by atoms with E-state index in [1.54, 1.807) is 0 Å². The zero-order chi connectivity index (χ0) is 14.2. The number of rotatable bonds is 4. The molecule has 0 aliphatic heterocycles. The minimum absolute atomic E-state index is 0.218. The molecule has 0 aliphatic carbocycles. The minimum atomic E-state index is 0.218. The predicted molar refractivity (Wildman–Crippen MR) is 77.3 cm³/mol. The summed E-state index contributed by atoms with van der Waals surface area (Å²) in [7, 11) is 1.93. The van der Waals surface area contributed by atoms with Gasteiger partial charge in [0.25, 0.3) is 0 Å². The molecule has 0 aliphatic rings. The van der Waals surface area contributed by atoms with Gasteiger partial charge in [-0.05, 0) is 34.6 Å². The van der Waals surface area contributed by atoms with Gasteiger partial charge in [-0.25, -0.2) is 0 Å². The zero-order valence-corrected chi connectivity index (χ0v) is 12.6. The molecular formula is C14H23N5. The fraction of sp³-hybridized carbons (Fsp3) is 0.571. The Morgan fingerprint density at radius 1 is 1.21 bits per heavy atom. The Morgan fingerprint density at radius 2 is 1.89 bits per heavy atom. The zero-order valence-electron chi connectivity index (χ0n) is 12.6. The average Bonchev–Trinajstić information content (AvgIpc) is 2.87. The lowest BCUT2D eigenvalue weighted by atomic mass is 10.1. The summed E-state index contributed by atoms with van der Waals surface area (Å²) < 4.78 is 3.89. The molecule has 0 fully saturated rings. The van der Waals surface area contributed by atoms with Crippen LogP contribution in [0.1, 0.15) is 49.8 Å². The van der Waals surface area contributed by atoms with Crippen LogP contribution in [0.5, 0.6) is 0 Å². The quantitative estimate of drug-likeness (QED) is 0.920. The molecule has 2 heterocycles. The molecule has 0 saturated carbocycles. The summed E-state index contributed by atoms with van der Waals surface area (Å²) in [5.74, 6) is 0. The molecule has 19 heavy (non-hydrogen) atoms. The summed E-state index contributed by atoms with van der Waals surface area (Å²) in [6.07, 6.45) is 3.93. The van der Waals surface area contributed by atoms with Crippen LogP contribution in [0, 0.1) is 13.8 Å². The minimum Gasteiger partial charge on any atom is -0.375 e. The Labute approximate surface area is 114 Å². The van der Waals surface area contributed by atoms with Crippen molar-refractivity contribution in [2.24, 2.45) is 7.05 Å². The Kier molecular flexibility index (Phi) is 3.64. The smallest absolute Gasteiger partial charge is 0.0828 e. The van der Waals surface area contributed by atoms with E-state index in [2.05, 4.69) is 47.9 Å². The number of hydrogen-bond donors (Lipinski definition) is 1. The largest absolute Gasteiger partial charge is 0.375 e. The number of aryl methyl sites for hydroxylation is 2. The van der Waals surface area contributed by atoms with Crippen molar-refractivity contribution in [3.63, 3.8) is 0 Å². The first-order valence-electron chi connectivity index (χ1n) is 6.71. The second kappa shape index (κ2) is 5.07. The molecular weight excluding hydrogens is 238 g/mol. The third-order valence-corrected chi connectivity index (χ3v) is 3.40. The molecule has 0 radical (unpaired) electrons. The van der Waals surface area contributed by atoms with Crippen molar-refractivity contribution < 1.29 is 0 Å². The molecule has 0 spiro atoms. The molecule has 2 aromatic heterocycles. The molecule has 2 aromatic rings. The first-order valence-corrected chi connectivity index (χ1v) is 6.71. The van der Waals surface area contributed by atoms with E-state index in [0.29, 0.717) is 6.04 Å². The maximum absolute atomic E-state index is 4.59. The van der Waals surface area contributed by atoms with E-state index < -0.39 is 0 Å². The van der Waals surface area contributed by atoms with Gasteiger partial charge >= 0.3 is 0 Å². The summed E-state index contributed by atoms with van der Waals surface area (Å²) in [4.78, 5) is 0. The Balaban J connectivity index is 2.24. The van der Waals surface area contributed by atoms with Crippen molar-refractivity contribution in [2.45, 2.75) is 46.7 Å². The molecule has 0 bridgehead atoms. The third-order valence-electron chi connectivity index (χ3n) is 3.40. The van der Waals surface area contributed by atoms with Crippen LogP contribution in [-0.2, 0) is 7.05 Å². The van der Waals surface area contributed by atoms with Crippen LogP contribution >= 0.6 is 0 Å². The summed E-state index contributed by atoms with van der Waals surface area (Å²) in [6.45, 7) is 10.6. The molecule has 104 valence electrons. The average molecular weight is 261 g/mol. The molecule has 1 N–H and O–H groups in total. The van der Waals surface area contributed by atoms with Gasteiger partial charge in [0.2, 0.25) is 0 Å². The first-order chi connectivity index (χ1) is 8.90. The van der Waals surface area contributed by atoms with Crippen LogP contribution in [0.25, 0.3) is 0 Å². The van der Waals surface area contributed by atoms with E-state index in [9.17, 15) is 0 Å². The molecule has 0 aromatic carbocycles. The Bertz CT molecular complexity index is 564. The Hall–Kier alpha value is -1.78. The van der Waals surface area contributed by atoms with E-state index >= 15 is 0 Å². The van der Waals surface area contributed by atoms with Gasteiger partial charge in [-0.1, -0.05) is 0 Å². The SMILES string of the molecule is Cc1nn(C(C)C)c(C)c1NC(C)c1cnn(C)c1. The van der Waals surface area contributed by atoms with Crippen molar-refractivity contribution in [1.29, 1.82) is 0 Å². The second-order valence-corrected chi connectivity index (χ2v) is 5.40. The highest BCUT2D eigenvalue weighted by atomic mass is 15.3. The van der Waals surface area contributed by atoms with E-state index in [1.807, 2.05) is 31.0 Å². The highest BCUT2D eigenvalue weighted by molar-refractivity contribution is 5.53. The summed E-state index contributed by atoms with van der Waals surface area (Å²) in [6, 6.07) is 0.596. The highest BCUT2D eigenvalue weighted by Crippen LogP contribution is 2.26. The van der Waals surface area contributed by atoms with Gasteiger partial charge in [-0.2, -0.15) is 10.2 Å². The van der Waals surface area contributed by atoms with E-state index in [-0.39, 0.29) is 6.04 Å². The van der Waals surface area contributed by atoms with E-state index in [0.717, 1.165) is 11.4 Å². The van der Waals surface area contributed by atoms with Crippen LogP contribution in [0.3, 0.4) is 0 Å². The van der Waals surface area contributed by atoms with Crippen molar-refractivity contribution in [1.82, 2.24) is 19.6 Å². The number of aromatic nitrogens is 4. The normalized spacial score (nSPS) is 13.0. The molecule has 1 unspecified atom stereocenters. The van der Waals surface area contributed by atoms with Crippen LogP contribution < -0.4 is 5.32 Å². The molecule has 2 rings (SSSR count). The summed E-state index contributed by atoms with van der Waals surface area (Å²) >= 11 is 0. The number of anilines is 1. The van der Waals surface area contributed by atoms with Crippen LogP contribution in [0.15, 0.2) is 12.4 Å². The monoisotopic (exact) mass is 261 g/mol. The van der Waals surface area contributed by atoms with Gasteiger partial charge < -0.3 is 5.32 Å². The fourth-order valence-corrected chi connectivity index (χ4v) is 2.34. The van der Waals surface area contributed by atoms with Crippen LogP contribution in [0.2, 0.25) is 0 Å². The van der Waals surface area contributed by atoms with Gasteiger partial charge in [0.1, 0.15) is 0 Å². The molecule has 1 atom stereocenters. The van der Waals surface area contributed by atoms with Crippen molar-refractivity contribution in [3.8, 4) is 0 Å². The third kappa shape index (κ3) is 2.64. The maximum Gasteiger partial charge on any atom is 0.0828 e. The molecule has 5 nitrogen and oxygen atoms in total. The first kappa shape index (κ1) is 13.6. The lowest BCUT2D eigenvalue weighted by molar-refractivity contribution is 0.516. The van der Waals surface area contributed by atoms with E-state index in [1.165, 1.54) is 11.3 Å². The van der Waals surface area contributed by atoms with Gasteiger partial charge in [-0.3, -0.25) is 9.36 Å². The topological polar surface area (TPSA) is 47.7 Å². The molecule has 0 saturated heterocycles. The van der Waals surface area contributed by atoms with E-state index in [4.69, 9.17) is 0 Å². The number of nitrogens with zero attached hydrogens (tertiary/aromatic N) is 4. The van der Waals surface area contributed by atoms with Crippen molar-refractivity contribution >= 4 is 5.69 Å². The fourth-order valence-electron chi connectivity index (χ4n) is 2.34. The highest BCUT2D eigenvalue weighted by Gasteiger charge is 2.16. The van der Waals surface area contributed by atoms with Crippen molar-refractivity contribution in [3.05, 3.63) is 29.3 Å². The molecule has 0 amide bonds. The van der Waals surface area contributed by atoms with Gasteiger partial charge in [0, 0.05) is 24.8 Å². The molecule has 5 heteroatoms. The lowest BCUT2D eigenvalue weighted by Crippen LogP contribution is -2.08. The lowest BCUT2D eigenvalue weighted by Gasteiger charge is -2.14. The maximum atomic E-state index is 4.59. The van der Waals surface area contributed by atoms with Crippen LogP contribution in [-0.4, -0.2) is 19.6 Å². The van der Waals surface area contributed by atoms with Gasteiger partial charge in [0.05, 0.1) is 29.3 Å². The van der Waals surface area contributed by atoms with Gasteiger partial charge in [-0.15, -0.1) is 0 Å². The predicted octanol–water partition coefficient (Wildman–Crippen LogP) is 2.99. The van der Waals surface area contributed by atoms with Crippen molar-refractivity contribution in [2.75, 3.05) is 5.32 Å². The number of hydrogen-bond acceptors (Lipinski definition) is 3.